The first-order valence-electron chi connectivity index (χ1n) is 10.8. The summed E-state index contributed by atoms with van der Waals surface area (Å²) in [5.41, 5.74) is 5.12. The van der Waals surface area contributed by atoms with Crippen LogP contribution < -0.4 is 0 Å². The zero-order valence-electron chi connectivity index (χ0n) is 17.3. The highest BCUT2D eigenvalue weighted by atomic mass is 79.9. The molecule has 0 radical (unpaired) electrons. The molecule has 0 atom stereocenters. The standard InChI is InChI=1S/C27H28BrN/c1-3-5-8-19-12-14-21-18-22-15-13-20(9-6-4-2)17-24(22)27(23(21)16-19)25-10-7-11-26(28)29-25/h7,10-18H,3-6,8-9H2,1-2H3. The average Bonchev–Trinajstić information content (AvgIpc) is 2.74. The third-order valence-corrected chi connectivity index (χ3v) is 6.14. The highest BCUT2D eigenvalue weighted by Gasteiger charge is 2.13. The fourth-order valence-electron chi connectivity index (χ4n) is 4.10. The summed E-state index contributed by atoms with van der Waals surface area (Å²) in [6.45, 7) is 4.51. The third-order valence-electron chi connectivity index (χ3n) is 5.69. The highest BCUT2D eigenvalue weighted by Crippen LogP contribution is 2.37. The fourth-order valence-corrected chi connectivity index (χ4v) is 4.44. The summed E-state index contributed by atoms with van der Waals surface area (Å²) in [5.74, 6) is 0. The molecule has 0 spiro atoms. The number of hydrogen-bond donors (Lipinski definition) is 0. The molecule has 0 aliphatic rings. The Labute approximate surface area is 182 Å². The molecule has 1 nitrogen and oxygen atoms in total. The Morgan fingerprint density at radius 2 is 1.31 bits per heavy atom. The van der Waals surface area contributed by atoms with Gasteiger partial charge in [0.15, 0.2) is 0 Å². The molecular formula is C27H28BrN. The lowest BCUT2D eigenvalue weighted by atomic mass is 9.91. The minimum Gasteiger partial charge on any atom is -0.241 e. The second kappa shape index (κ2) is 9.09. The largest absolute Gasteiger partial charge is 0.241 e. The first kappa shape index (κ1) is 20.1. The van der Waals surface area contributed by atoms with E-state index in [0.29, 0.717) is 0 Å². The second-order valence-electron chi connectivity index (χ2n) is 7.92. The Hall–Kier alpha value is -2.19. The maximum atomic E-state index is 4.84. The van der Waals surface area contributed by atoms with Crippen molar-refractivity contribution in [1.82, 2.24) is 4.98 Å². The van der Waals surface area contributed by atoms with Crippen molar-refractivity contribution in [3.05, 3.63) is 76.4 Å². The number of fused-ring (bicyclic) bond motifs is 2. The van der Waals surface area contributed by atoms with E-state index in [1.807, 2.05) is 6.07 Å². The van der Waals surface area contributed by atoms with Crippen LogP contribution in [-0.2, 0) is 12.8 Å². The number of nitrogens with zero attached hydrogens (tertiary/aromatic N) is 1. The lowest BCUT2D eigenvalue weighted by Gasteiger charge is -2.14. The first-order chi connectivity index (χ1) is 14.2. The van der Waals surface area contributed by atoms with Crippen molar-refractivity contribution in [3.8, 4) is 11.3 Å². The van der Waals surface area contributed by atoms with Crippen molar-refractivity contribution in [3.63, 3.8) is 0 Å². The maximum absolute atomic E-state index is 4.84. The lowest BCUT2D eigenvalue weighted by molar-refractivity contribution is 0.796. The molecule has 0 saturated heterocycles. The molecule has 0 N–H and O–H groups in total. The molecule has 0 aliphatic carbocycles. The van der Waals surface area contributed by atoms with Gasteiger partial charge in [-0.15, -0.1) is 0 Å². The van der Waals surface area contributed by atoms with Crippen LogP contribution in [0.2, 0.25) is 0 Å². The van der Waals surface area contributed by atoms with Gasteiger partial charge in [0, 0.05) is 5.56 Å². The van der Waals surface area contributed by atoms with Crippen molar-refractivity contribution in [2.75, 3.05) is 0 Å². The molecule has 148 valence electrons. The van der Waals surface area contributed by atoms with Gasteiger partial charge >= 0.3 is 0 Å². The number of pyridine rings is 1. The Morgan fingerprint density at radius 1 is 0.724 bits per heavy atom. The van der Waals surface area contributed by atoms with Crippen LogP contribution >= 0.6 is 15.9 Å². The van der Waals surface area contributed by atoms with Gasteiger partial charge in [0.05, 0.1) is 5.69 Å². The highest BCUT2D eigenvalue weighted by molar-refractivity contribution is 9.10. The van der Waals surface area contributed by atoms with E-state index in [-0.39, 0.29) is 0 Å². The summed E-state index contributed by atoms with van der Waals surface area (Å²) in [6, 6.07) is 22.5. The normalized spacial score (nSPS) is 11.4. The summed E-state index contributed by atoms with van der Waals surface area (Å²) in [7, 11) is 0. The van der Waals surface area contributed by atoms with E-state index in [1.54, 1.807) is 0 Å². The van der Waals surface area contributed by atoms with Crippen LogP contribution in [0.3, 0.4) is 0 Å². The molecule has 4 aromatic rings. The van der Waals surface area contributed by atoms with Crippen LogP contribution in [0.15, 0.2) is 65.3 Å². The van der Waals surface area contributed by atoms with Gasteiger partial charge in [-0.05, 0) is 92.5 Å². The molecule has 0 saturated carbocycles. The third kappa shape index (κ3) is 4.38. The number of hydrogen-bond acceptors (Lipinski definition) is 1. The monoisotopic (exact) mass is 445 g/mol. The number of aromatic nitrogens is 1. The van der Waals surface area contributed by atoms with Gasteiger partial charge in [-0.25, -0.2) is 4.98 Å². The molecule has 29 heavy (non-hydrogen) atoms. The van der Waals surface area contributed by atoms with Gasteiger partial charge in [0.25, 0.3) is 0 Å². The Bertz CT molecular complexity index is 1080. The van der Waals surface area contributed by atoms with Crippen molar-refractivity contribution in [2.24, 2.45) is 0 Å². The number of benzene rings is 3. The van der Waals surface area contributed by atoms with Gasteiger partial charge < -0.3 is 0 Å². The topological polar surface area (TPSA) is 12.9 Å². The predicted molar refractivity (Wildman–Crippen MR) is 130 cm³/mol. The molecule has 4 rings (SSSR count). The molecule has 3 aromatic carbocycles. The molecule has 0 fully saturated rings. The first-order valence-corrected chi connectivity index (χ1v) is 11.6. The Kier molecular flexibility index (Phi) is 6.30. The molecular weight excluding hydrogens is 418 g/mol. The van der Waals surface area contributed by atoms with Crippen LogP contribution in [0.25, 0.3) is 32.8 Å². The smallest absolute Gasteiger partial charge is 0.106 e. The summed E-state index contributed by atoms with van der Waals surface area (Å²) < 4.78 is 0.879. The van der Waals surface area contributed by atoms with Crippen molar-refractivity contribution >= 4 is 37.5 Å². The SMILES string of the molecule is CCCCc1ccc2cc3ccc(CCCC)cc3c(-c3cccc(Br)n3)c2c1. The van der Waals surface area contributed by atoms with E-state index >= 15 is 0 Å². The van der Waals surface area contributed by atoms with E-state index in [2.05, 4.69) is 84.4 Å². The zero-order valence-corrected chi connectivity index (χ0v) is 18.9. The average molecular weight is 446 g/mol. The minimum atomic E-state index is 0.879. The number of halogens is 1. The minimum absolute atomic E-state index is 0.879. The molecule has 0 bridgehead atoms. The van der Waals surface area contributed by atoms with Gasteiger partial charge in [-0.1, -0.05) is 69.2 Å². The van der Waals surface area contributed by atoms with E-state index in [4.69, 9.17) is 4.98 Å². The summed E-state index contributed by atoms with van der Waals surface area (Å²) in [5, 5.41) is 5.19. The van der Waals surface area contributed by atoms with Crippen molar-refractivity contribution < 1.29 is 0 Å². The summed E-state index contributed by atoms with van der Waals surface area (Å²) in [4.78, 5) is 4.84. The van der Waals surface area contributed by atoms with Crippen LogP contribution in [-0.4, -0.2) is 4.98 Å². The van der Waals surface area contributed by atoms with Gasteiger partial charge in [-0.3, -0.25) is 0 Å². The van der Waals surface area contributed by atoms with Gasteiger partial charge in [-0.2, -0.15) is 0 Å². The summed E-state index contributed by atoms with van der Waals surface area (Å²) >= 11 is 3.57. The predicted octanol–water partition coefficient (Wildman–Crippen LogP) is 8.50. The van der Waals surface area contributed by atoms with E-state index < -0.39 is 0 Å². The van der Waals surface area contributed by atoms with Crippen molar-refractivity contribution in [1.29, 1.82) is 0 Å². The molecule has 0 amide bonds. The van der Waals surface area contributed by atoms with Gasteiger partial charge in [0.2, 0.25) is 0 Å². The number of aryl methyl sites for hydroxylation is 2. The van der Waals surface area contributed by atoms with Crippen LogP contribution in [0.5, 0.6) is 0 Å². The quantitative estimate of drug-likeness (QED) is 0.205. The Balaban J connectivity index is 2.00. The second-order valence-corrected chi connectivity index (χ2v) is 8.73. The zero-order chi connectivity index (χ0) is 20.2. The molecule has 0 unspecified atom stereocenters. The maximum Gasteiger partial charge on any atom is 0.106 e. The molecule has 2 heteroatoms. The summed E-state index contributed by atoms with van der Waals surface area (Å²) in [6.07, 6.45) is 7.15. The van der Waals surface area contributed by atoms with Crippen LogP contribution in [0, 0.1) is 0 Å². The van der Waals surface area contributed by atoms with E-state index in [9.17, 15) is 0 Å². The molecule has 1 aromatic heterocycles. The van der Waals surface area contributed by atoms with Gasteiger partial charge in [0.1, 0.15) is 4.60 Å². The molecule has 1 heterocycles. The number of unbranched alkanes of at least 4 members (excludes halogenated alkanes) is 2. The van der Waals surface area contributed by atoms with Crippen LogP contribution in [0.1, 0.15) is 50.7 Å². The number of rotatable bonds is 7. The van der Waals surface area contributed by atoms with E-state index in [0.717, 1.165) is 23.1 Å². The lowest BCUT2D eigenvalue weighted by Crippen LogP contribution is -1.93. The fraction of sp³-hybridized carbons (Fsp3) is 0.296. The van der Waals surface area contributed by atoms with E-state index in [1.165, 1.54) is 63.9 Å². The Morgan fingerprint density at radius 3 is 1.83 bits per heavy atom. The van der Waals surface area contributed by atoms with Crippen LogP contribution in [0.4, 0.5) is 0 Å². The van der Waals surface area contributed by atoms with Crippen molar-refractivity contribution in [2.45, 2.75) is 52.4 Å². The molecule has 0 aliphatic heterocycles.